The first kappa shape index (κ1) is 11.2. The Hall–Kier alpha value is -1.28. The third-order valence-corrected chi connectivity index (χ3v) is 2.88. The molecule has 0 radical (unpaired) electrons. The van der Waals surface area contributed by atoms with Crippen molar-refractivity contribution in [1.82, 2.24) is 10.3 Å². The van der Waals surface area contributed by atoms with Crippen LogP contribution in [0.3, 0.4) is 0 Å². The van der Waals surface area contributed by atoms with Gasteiger partial charge in [-0.25, -0.2) is 0 Å². The number of aromatic nitrogens is 1. The Labute approximate surface area is 97.1 Å². The molecule has 16 heavy (non-hydrogen) atoms. The SMILES string of the molecule is CCc1cccc2cc(CNC(C)C)[nH]c12. The molecule has 2 heteroatoms. The number of hydrogen-bond donors (Lipinski definition) is 2. The normalized spacial score (nSPS) is 11.5. The molecule has 1 aromatic carbocycles. The molecule has 0 fully saturated rings. The number of hydrogen-bond acceptors (Lipinski definition) is 1. The summed E-state index contributed by atoms with van der Waals surface area (Å²) in [5.41, 5.74) is 3.96. The van der Waals surface area contributed by atoms with Crippen molar-refractivity contribution in [3.05, 3.63) is 35.5 Å². The highest BCUT2D eigenvalue weighted by atomic mass is 14.9. The first-order valence-electron chi connectivity index (χ1n) is 6.03. The zero-order valence-corrected chi connectivity index (χ0v) is 10.3. The van der Waals surface area contributed by atoms with Crippen LogP contribution < -0.4 is 5.32 Å². The number of aryl methyl sites for hydroxylation is 1. The lowest BCUT2D eigenvalue weighted by atomic mass is 10.1. The summed E-state index contributed by atoms with van der Waals surface area (Å²) in [6, 6.07) is 9.26. The summed E-state index contributed by atoms with van der Waals surface area (Å²) in [4.78, 5) is 3.51. The van der Waals surface area contributed by atoms with Gasteiger partial charge in [0.1, 0.15) is 0 Å². The third-order valence-electron chi connectivity index (χ3n) is 2.88. The molecule has 0 aliphatic carbocycles. The highest BCUT2D eigenvalue weighted by molar-refractivity contribution is 5.83. The van der Waals surface area contributed by atoms with Crippen molar-refractivity contribution in [3.63, 3.8) is 0 Å². The Bertz CT molecular complexity index is 469. The van der Waals surface area contributed by atoms with Gasteiger partial charge in [-0.3, -0.25) is 0 Å². The van der Waals surface area contributed by atoms with E-state index in [1.54, 1.807) is 0 Å². The Balaban J connectivity index is 2.29. The van der Waals surface area contributed by atoms with E-state index in [2.05, 4.69) is 55.3 Å². The van der Waals surface area contributed by atoms with Gasteiger partial charge in [0, 0.05) is 23.8 Å². The van der Waals surface area contributed by atoms with Crippen LogP contribution in [0.5, 0.6) is 0 Å². The molecule has 0 amide bonds. The van der Waals surface area contributed by atoms with Crippen LogP contribution in [0.2, 0.25) is 0 Å². The van der Waals surface area contributed by atoms with E-state index < -0.39 is 0 Å². The first-order valence-corrected chi connectivity index (χ1v) is 6.03. The Morgan fingerprint density at radius 2 is 2.12 bits per heavy atom. The van der Waals surface area contributed by atoms with Gasteiger partial charge in [-0.15, -0.1) is 0 Å². The van der Waals surface area contributed by atoms with Crippen LogP contribution in [0.25, 0.3) is 10.9 Å². The third kappa shape index (κ3) is 2.27. The molecule has 0 saturated heterocycles. The molecule has 0 bridgehead atoms. The summed E-state index contributed by atoms with van der Waals surface area (Å²) in [6.45, 7) is 7.44. The highest BCUT2D eigenvalue weighted by Crippen LogP contribution is 2.19. The fraction of sp³-hybridized carbons (Fsp3) is 0.429. The minimum absolute atomic E-state index is 0.525. The first-order chi connectivity index (χ1) is 7.70. The lowest BCUT2D eigenvalue weighted by molar-refractivity contribution is 0.583. The number of nitrogens with one attached hydrogen (secondary N) is 2. The summed E-state index contributed by atoms with van der Waals surface area (Å²) in [6.07, 6.45) is 1.08. The van der Waals surface area contributed by atoms with Crippen molar-refractivity contribution in [2.75, 3.05) is 0 Å². The van der Waals surface area contributed by atoms with Gasteiger partial charge in [0.25, 0.3) is 0 Å². The van der Waals surface area contributed by atoms with E-state index in [0.717, 1.165) is 13.0 Å². The van der Waals surface area contributed by atoms with Crippen LogP contribution in [0.4, 0.5) is 0 Å². The van der Waals surface area contributed by atoms with E-state index in [9.17, 15) is 0 Å². The fourth-order valence-electron chi connectivity index (χ4n) is 1.98. The molecule has 0 unspecified atom stereocenters. The molecule has 2 rings (SSSR count). The van der Waals surface area contributed by atoms with Crippen molar-refractivity contribution in [2.45, 2.75) is 39.8 Å². The molecular formula is C14H20N2. The molecule has 1 heterocycles. The van der Waals surface area contributed by atoms with Crippen molar-refractivity contribution < 1.29 is 0 Å². The van der Waals surface area contributed by atoms with Gasteiger partial charge in [-0.05, 0) is 23.4 Å². The van der Waals surface area contributed by atoms with Gasteiger partial charge in [-0.1, -0.05) is 39.0 Å². The topological polar surface area (TPSA) is 27.8 Å². The molecule has 0 saturated carbocycles. The number of rotatable bonds is 4. The van der Waals surface area contributed by atoms with Crippen molar-refractivity contribution in [2.24, 2.45) is 0 Å². The van der Waals surface area contributed by atoms with E-state index in [1.165, 1.54) is 22.2 Å². The maximum Gasteiger partial charge on any atom is 0.0488 e. The number of H-pyrrole nitrogens is 1. The molecular weight excluding hydrogens is 196 g/mol. The lowest BCUT2D eigenvalue weighted by Gasteiger charge is -2.05. The maximum absolute atomic E-state index is 3.51. The summed E-state index contributed by atoms with van der Waals surface area (Å²) < 4.78 is 0. The number of aromatic amines is 1. The van der Waals surface area contributed by atoms with Gasteiger partial charge in [0.15, 0.2) is 0 Å². The molecule has 0 spiro atoms. The fourth-order valence-corrected chi connectivity index (χ4v) is 1.98. The molecule has 1 aromatic heterocycles. The average Bonchev–Trinajstić information content (AvgIpc) is 2.68. The Morgan fingerprint density at radius 1 is 1.31 bits per heavy atom. The zero-order valence-electron chi connectivity index (χ0n) is 10.3. The summed E-state index contributed by atoms with van der Waals surface area (Å²) >= 11 is 0. The van der Waals surface area contributed by atoms with Crippen LogP contribution in [0.15, 0.2) is 24.3 Å². The van der Waals surface area contributed by atoms with Crippen molar-refractivity contribution in [3.8, 4) is 0 Å². The van der Waals surface area contributed by atoms with E-state index >= 15 is 0 Å². The van der Waals surface area contributed by atoms with Gasteiger partial charge in [-0.2, -0.15) is 0 Å². The zero-order chi connectivity index (χ0) is 11.5. The van der Waals surface area contributed by atoms with Crippen LogP contribution in [-0.4, -0.2) is 11.0 Å². The van der Waals surface area contributed by atoms with Gasteiger partial charge >= 0.3 is 0 Å². The van der Waals surface area contributed by atoms with Crippen LogP contribution in [0.1, 0.15) is 32.0 Å². The van der Waals surface area contributed by atoms with Crippen LogP contribution in [0, 0.1) is 0 Å². The predicted octanol–water partition coefficient (Wildman–Crippen LogP) is 3.23. The van der Waals surface area contributed by atoms with Crippen molar-refractivity contribution >= 4 is 10.9 Å². The van der Waals surface area contributed by atoms with Gasteiger partial charge in [0.2, 0.25) is 0 Å². The van der Waals surface area contributed by atoms with Gasteiger partial charge < -0.3 is 10.3 Å². The van der Waals surface area contributed by atoms with Crippen LogP contribution in [-0.2, 0) is 13.0 Å². The molecule has 0 atom stereocenters. The van der Waals surface area contributed by atoms with Crippen molar-refractivity contribution in [1.29, 1.82) is 0 Å². The number of para-hydroxylation sites is 1. The minimum atomic E-state index is 0.525. The van der Waals surface area contributed by atoms with E-state index in [0.29, 0.717) is 6.04 Å². The quantitative estimate of drug-likeness (QED) is 0.807. The monoisotopic (exact) mass is 216 g/mol. The maximum atomic E-state index is 3.51. The summed E-state index contributed by atoms with van der Waals surface area (Å²) in [7, 11) is 0. The average molecular weight is 216 g/mol. The highest BCUT2D eigenvalue weighted by Gasteiger charge is 2.04. The minimum Gasteiger partial charge on any atom is -0.357 e. The standard InChI is InChI=1S/C14H20N2/c1-4-11-6-5-7-12-8-13(16-14(11)12)9-15-10(2)3/h5-8,10,15-16H,4,9H2,1-3H3. The molecule has 0 aliphatic heterocycles. The Kier molecular flexibility index (Phi) is 3.30. The van der Waals surface area contributed by atoms with E-state index in [4.69, 9.17) is 0 Å². The van der Waals surface area contributed by atoms with E-state index in [1.807, 2.05) is 0 Å². The predicted molar refractivity (Wildman–Crippen MR) is 69.7 cm³/mol. The summed E-state index contributed by atoms with van der Waals surface area (Å²) in [5, 5.41) is 4.75. The molecule has 2 N–H and O–H groups in total. The Morgan fingerprint density at radius 3 is 2.81 bits per heavy atom. The molecule has 0 aliphatic rings. The second kappa shape index (κ2) is 4.71. The number of fused-ring (bicyclic) bond motifs is 1. The van der Waals surface area contributed by atoms with E-state index in [-0.39, 0.29) is 0 Å². The molecule has 2 nitrogen and oxygen atoms in total. The molecule has 86 valence electrons. The second-order valence-electron chi connectivity index (χ2n) is 4.57. The largest absolute Gasteiger partial charge is 0.357 e. The van der Waals surface area contributed by atoms with Gasteiger partial charge in [0.05, 0.1) is 0 Å². The van der Waals surface area contributed by atoms with Crippen LogP contribution >= 0.6 is 0 Å². The second-order valence-corrected chi connectivity index (χ2v) is 4.57. The number of benzene rings is 1. The summed E-state index contributed by atoms with van der Waals surface area (Å²) in [5.74, 6) is 0. The lowest BCUT2D eigenvalue weighted by Crippen LogP contribution is -2.21. The molecule has 2 aromatic rings. The smallest absolute Gasteiger partial charge is 0.0488 e.